The number of halogens is 3. The fourth-order valence-electron chi connectivity index (χ4n) is 4.01. The number of sulfonamides is 1. The van der Waals surface area contributed by atoms with Gasteiger partial charge in [-0.05, 0) is 41.8 Å². The third-order valence-corrected chi connectivity index (χ3v) is 7.15. The molecule has 27 heavy (non-hydrogen) atoms. The van der Waals surface area contributed by atoms with Gasteiger partial charge < -0.3 is 0 Å². The molecule has 2 heterocycles. The number of hydrogen-bond donors (Lipinski definition) is 0. The highest BCUT2D eigenvalue weighted by Gasteiger charge is 2.46. The molecule has 2 bridgehead atoms. The van der Waals surface area contributed by atoms with Crippen LogP contribution in [0.2, 0.25) is 0 Å². The fraction of sp³-hybridized carbons (Fsp3) is 0.316. The van der Waals surface area contributed by atoms with Gasteiger partial charge in [0.2, 0.25) is 10.0 Å². The van der Waals surface area contributed by atoms with Crippen LogP contribution in [0.4, 0.5) is 13.2 Å². The Morgan fingerprint density at radius 3 is 2.26 bits per heavy atom. The van der Waals surface area contributed by atoms with Crippen LogP contribution in [0.15, 0.2) is 53.4 Å². The molecule has 2 aliphatic rings. The third-order valence-electron chi connectivity index (χ3n) is 5.18. The van der Waals surface area contributed by atoms with E-state index in [1.54, 1.807) is 6.07 Å². The second-order valence-corrected chi connectivity index (χ2v) is 8.72. The van der Waals surface area contributed by atoms with Crippen LogP contribution in [-0.2, 0) is 27.4 Å². The van der Waals surface area contributed by atoms with Gasteiger partial charge in [0, 0.05) is 18.9 Å². The maximum atomic E-state index is 13.2. The molecule has 0 radical (unpaired) electrons. The molecule has 2 unspecified atom stereocenters. The number of alkyl halides is 3. The summed E-state index contributed by atoms with van der Waals surface area (Å²) in [6.07, 6.45) is -3.92. The zero-order chi connectivity index (χ0) is 19.4. The number of Topliss-reactive ketones (excluding diaryl/α,β-unsaturated/α-hetero) is 1. The molecule has 1 saturated heterocycles. The van der Waals surface area contributed by atoms with Crippen LogP contribution in [0, 0.1) is 0 Å². The van der Waals surface area contributed by atoms with E-state index in [9.17, 15) is 26.4 Å². The Kier molecular flexibility index (Phi) is 4.16. The summed E-state index contributed by atoms with van der Waals surface area (Å²) in [4.78, 5) is 11.9. The first-order valence-corrected chi connectivity index (χ1v) is 9.92. The number of fused-ring (bicyclic) bond motifs is 4. The molecular weight excluding hydrogens is 379 g/mol. The summed E-state index contributed by atoms with van der Waals surface area (Å²) in [5.41, 5.74) is 0.900. The normalized spacial score (nSPS) is 23.1. The highest BCUT2D eigenvalue weighted by atomic mass is 32.2. The lowest BCUT2D eigenvalue weighted by atomic mass is 9.81. The first-order chi connectivity index (χ1) is 12.7. The van der Waals surface area contributed by atoms with Gasteiger partial charge in [-0.2, -0.15) is 17.5 Å². The summed E-state index contributed by atoms with van der Waals surface area (Å²) in [6, 6.07) is 9.77. The van der Waals surface area contributed by atoms with E-state index in [0.29, 0.717) is 6.42 Å². The van der Waals surface area contributed by atoms with Crippen molar-refractivity contribution < 1.29 is 26.4 Å². The number of benzene rings is 2. The number of hydrogen-bond acceptors (Lipinski definition) is 3. The average molecular weight is 395 g/mol. The van der Waals surface area contributed by atoms with E-state index >= 15 is 0 Å². The standard InChI is InChI=1S/C19H16F3NO3S/c20-19(21,22)13-5-7-16(8-6-13)27(25,26)23-14-9-12-3-1-2-4-17(12)18(23)11-15(24)10-14/h1-8,14,18H,9-11H2. The van der Waals surface area contributed by atoms with E-state index in [0.717, 1.165) is 35.4 Å². The number of carbonyl (C=O) groups is 1. The lowest BCUT2D eigenvalue weighted by molar-refractivity contribution is -0.137. The molecule has 0 N–H and O–H groups in total. The second-order valence-electron chi connectivity index (χ2n) is 6.88. The van der Waals surface area contributed by atoms with Crippen molar-refractivity contribution in [2.75, 3.05) is 0 Å². The van der Waals surface area contributed by atoms with E-state index in [-0.39, 0.29) is 23.5 Å². The number of nitrogens with zero attached hydrogens (tertiary/aromatic N) is 1. The molecular formula is C19H16F3NO3S. The van der Waals surface area contributed by atoms with Crippen molar-refractivity contribution in [3.05, 3.63) is 65.2 Å². The monoisotopic (exact) mass is 395 g/mol. The molecule has 1 fully saturated rings. The summed E-state index contributed by atoms with van der Waals surface area (Å²) in [6.45, 7) is 0. The van der Waals surface area contributed by atoms with Crippen LogP contribution in [0.3, 0.4) is 0 Å². The summed E-state index contributed by atoms with van der Waals surface area (Å²) in [5, 5.41) is 0. The number of carbonyl (C=O) groups excluding carboxylic acids is 1. The molecule has 4 nitrogen and oxygen atoms in total. The minimum Gasteiger partial charge on any atom is -0.300 e. The molecule has 2 aromatic carbocycles. The maximum absolute atomic E-state index is 13.2. The van der Waals surface area contributed by atoms with E-state index in [1.807, 2.05) is 18.2 Å². The topological polar surface area (TPSA) is 54.5 Å². The molecule has 0 spiro atoms. The molecule has 0 aromatic heterocycles. The Hall–Kier alpha value is -2.19. The van der Waals surface area contributed by atoms with Gasteiger partial charge in [-0.1, -0.05) is 24.3 Å². The van der Waals surface area contributed by atoms with Gasteiger partial charge >= 0.3 is 6.18 Å². The Morgan fingerprint density at radius 2 is 1.59 bits per heavy atom. The molecule has 0 amide bonds. The first kappa shape index (κ1) is 18.2. The lowest BCUT2D eigenvalue weighted by Gasteiger charge is -2.45. The summed E-state index contributed by atoms with van der Waals surface area (Å²) >= 11 is 0. The Balaban J connectivity index is 1.77. The van der Waals surface area contributed by atoms with E-state index in [4.69, 9.17) is 0 Å². The van der Waals surface area contributed by atoms with Crippen LogP contribution in [0.1, 0.15) is 35.6 Å². The van der Waals surface area contributed by atoms with Gasteiger partial charge in [-0.25, -0.2) is 8.42 Å². The van der Waals surface area contributed by atoms with Crippen molar-refractivity contribution in [3.8, 4) is 0 Å². The number of piperidine rings is 1. The SMILES string of the molecule is O=C1CC2Cc3ccccc3C(C1)N2S(=O)(=O)c1ccc(C(F)(F)F)cc1. The Bertz CT molecular complexity index is 1000. The van der Waals surface area contributed by atoms with Crippen molar-refractivity contribution >= 4 is 15.8 Å². The first-order valence-electron chi connectivity index (χ1n) is 8.48. The molecule has 0 aliphatic carbocycles. The second kappa shape index (κ2) is 6.17. The quantitative estimate of drug-likeness (QED) is 0.779. The molecule has 2 aromatic rings. The fourth-order valence-corrected chi connectivity index (χ4v) is 5.79. The molecule has 0 saturated carbocycles. The minimum atomic E-state index is -4.53. The molecule has 2 aliphatic heterocycles. The molecule has 4 rings (SSSR count). The summed E-state index contributed by atoms with van der Waals surface area (Å²) in [7, 11) is -4.04. The highest BCUT2D eigenvalue weighted by Crippen LogP contribution is 2.44. The van der Waals surface area contributed by atoms with E-state index in [1.165, 1.54) is 4.31 Å². The Morgan fingerprint density at radius 1 is 0.926 bits per heavy atom. The average Bonchev–Trinajstić information content (AvgIpc) is 2.60. The van der Waals surface area contributed by atoms with Gasteiger partial charge in [0.15, 0.2) is 0 Å². The number of rotatable bonds is 2. The van der Waals surface area contributed by atoms with Crippen molar-refractivity contribution in [2.24, 2.45) is 0 Å². The van der Waals surface area contributed by atoms with Crippen molar-refractivity contribution in [1.82, 2.24) is 4.31 Å². The van der Waals surface area contributed by atoms with Crippen molar-refractivity contribution in [2.45, 2.75) is 42.4 Å². The Labute approximate surface area is 154 Å². The zero-order valence-electron chi connectivity index (χ0n) is 14.1. The van der Waals surface area contributed by atoms with Crippen LogP contribution >= 0.6 is 0 Å². The summed E-state index contributed by atoms with van der Waals surface area (Å²) < 4.78 is 66.1. The van der Waals surface area contributed by atoms with E-state index in [2.05, 4.69) is 0 Å². The molecule has 8 heteroatoms. The van der Waals surface area contributed by atoms with Gasteiger partial charge in [0.05, 0.1) is 16.5 Å². The van der Waals surface area contributed by atoms with Gasteiger partial charge in [0.1, 0.15) is 5.78 Å². The van der Waals surface area contributed by atoms with Crippen LogP contribution in [0.5, 0.6) is 0 Å². The van der Waals surface area contributed by atoms with Crippen LogP contribution in [0.25, 0.3) is 0 Å². The van der Waals surface area contributed by atoms with Crippen molar-refractivity contribution in [3.63, 3.8) is 0 Å². The maximum Gasteiger partial charge on any atom is 0.416 e. The van der Waals surface area contributed by atoms with Crippen molar-refractivity contribution in [1.29, 1.82) is 0 Å². The third kappa shape index (κ3) is 3.06. The van der Waals surface area contributed by atoms with E-state index < -0.39 is 33.8 Å². The highest BCUT2D eigenvalue weighted by molar-refractivity contribution is 7.89. The summed E-state index contributed by atoms with van der Waals surface area (Å²) in [5.74, 6) is -0.00151. The molecule has 142 valence electrons. The van der Waals surface area contributed by atoms with Gasteiger partial charge in [-0.3, -0.25) is 4.79 Å². The predicted octanol–water partition coefficient (Wildman–Crippen LogP) is 3.73. The number of ketones is 1. The van der Waals surface area contributed by atoms with Crippen LogP contribution < -0.4 is 0 Å². The largest absolute Gasteiger partial charge is 0.416 e. The predicted molar refractivity (Wildman–Crippen MR) is 91.4 cm³/mol. The van der Waals surface area contributed by atoms with Crippen LogP contribution in [-0.4, -0.2) is 24.5 Å². The molecule has 2 atom stereocenters. The lowest BCUT2D eigenvalue weighted by Crippen LogP contribution is -2.51. The zero-order valence-corrected chi connectivity index (χ0v) is 14.9. The van der Waals surface area contributed by atoms with Gasteiger partial charge in [0.25, 0.3) is 0 Å². The van der Waals surface area contributed by atoms with Gasteiger partial charge in [-0.15, -0.1) is 0 Å². The smallest absolute Gasteiger partial charge is 0.300 e. The minimum absolute atomic E-state index is 0.00151.